The molecule has 1 heterocycles. The van der Waals surface area contributed by atoms with Crippen LogP contribution in [0.1, 0.15) is 30.2 Å². The van der Waals surface area contributed by atoms with Crippen LogP contribution >= 0.6 is 0 Å². The summed E-state index contributed by atoms with van der Waals surface area (Å²) in [7, 11) is 0. The van der Waals surface area contributed by atoms with Gasteiger partial charge in [-0.2, -0.15) is 4.98 Å². The zero-order valence-corrected chi connectivity index (χ0v) is 11.4. The molecule has 2 rings (SSSR count). The molecule has 1 atom stereocenters. The number of nitrogens with zero attached hydrogens (tertiary/aromatic N) is 2. The lowest BCUT2D eigenvalue weighted by molar-refractivity contribution is 0.251. The number of nitrogens with one attached hydrogen (secondary N) is 2. The van der Waals surface area contributed by atoms with Crippen LogP contribution in [0.15, 0.2) is 28.8 Å². The largest absolute Gasteiger partial charge is 0.340 e. The normalized spacial score (nSPS) is 11.9. The minimum Gasteiger partial charge on any atom is -0.340 e. The van der Waals surface area contributed by atoms with E-state index in [1.165, 1.54) is 0 Å². The molecule has 0 spiro atoms. The maximum atomic E-state index is 11.7. The van der Waals surface area contributed by atoms with Gasteiger partial charge in [-0.25, -0.2) is 4.79 Å². The van der Waals surface area contributed by atoms with Gasteiger partial charge in [0, 0.05) is 18.7 Å². The van der Waals surface area contributed by atoms with Gasteiger partial charge >= 0.3 is 6.03 Å². The number of urea groups is 1. The summed E-state index contributed by atoms with van der Waals surface area (Å²) >= 11 is 0. The Kier molecular flexibility index (Phi) is 4.31. The average Bonchev–Trinajstić information content (AvgIpc) is 2.82. The smallest absolute Gasteiger partial charge is 0.319 e. The highest BCUT2D eigenvalue weighted by molar-refractivity contribution is 5.89. The van der Waals surface area contributed by atoms with Gasteiger partial charge < -0.3 is 20.9 Å². The fraction of sp³-hybridized carbons (Fsp3) is 0.308. The molecular formula is C13H17N5O2. The molecule has 7 heteroatoms. The molecule has 0 bridgehead atoms. The van der Waals surface area contributed by atoms with E-state index in [1.807, 2.05) is 25.1 Å². The van der Waals surface area contributed by atoms with Crippen molar-refractivity contribution < 1.29 is 9.32 Å². The van der Waals surface area contributed by atoms with E-state index in [0.717, 1.165) is 5.56 Å². The van der Waals surface area contributed by atoms with Gasteiger partial charge in [-0.15, -0.1) is 0 Å². The SMILES string of the molecule is Cc1nc(CNC(=O)Nc2cccc(C(C)N)c2)no1. The van der Waals surface area contributed by atoms with Crippen molar-refractivity contribution in [2.75, 3.05) is 5.32 Å². The van der Waals surface area contributed by atoms with Crippen LogP contribution in [0.25, 0.3) is 0 Å². The molecule has 0 aliphatic rings. The molecule has 1 aromatic carbocycles. The summed E-state index contributed by atoms with van der Waals surface area (Å²) < 4.78 is 4.81. The standard InChI is InChI=1S/C13H17N5O2/c1-8(14)10-4-3-5-11(6-10)17-13(19)15-7-12-16-9(2)20-18-12/h3-6,8H,7,14H2,1-2H3,(H2,15,17,19). The summed E-state index contributed by atoms with van der Waals surface area (Å²) in [5.74, 6) is 0.897. The van der Waals surface area contributed by atoms with Crippen molar-refractivity contribution in [2.45, 2.75) is 26.4 Å². The van der Waals surface area contributed by atoms with E-state index < -0.39 is 0 Å². The average molecular weight is 275 g/mol. The Hall–Kier alpha value is -2.41. The van der Waals surface area contributed by atoms with Crippen molar-refractivity contribution in [3.63, 3.8) is 0 Å². The zero-order chi connectivity index (χ0) is 14.5. The summed E-state index contributed by atoms with van der Waals surface area (Å²) in [6.45, 7) is 3.78. The highest BCUT2D eigenvalue weighted by Gasteiger charge is 2.06. The Morgan fingerprint density at radius 2 is 2.30 bits per heavy atom. The Morgan fingerprint density at radius 1 is 1.50 bits per heavy atom. The highest BCUT2D eigenvalue weighted by atomic mass is 16.5. The molecule has 1 unspecified atom stereocenters. The van der Waals surface area contributed by atoms with E-state index in [-0.39, 0.29) is 18.6 Å². The lowest BCUT2D eigenvalue weighted by Crippen LogP contribution is -2.28. The quantitative estimate of drug-likeness (QED) is 0.787. The van der Waals surface area contributed by atoms with Crippen LogP contribution in [0.4, 0.5) is 10.5 Å². The topological polar surface area (TPSA) is 106 Å². The summed E-state index contributed by atoms with van der Waals surface area (Å²) in [4.78, 5) is 15.7. The lowest BCUT2D eigenvalue weighted by Gasteiger charge is -2.09. The van der Waals surface area contributed by atoms with Gasteiger partial charge in [-0.1, -0.05) is 17.3 Å². The number of anilines is 1. The van der Waals surface area contributed by atoms with Gasteiger partial charge in [0.05, 0.1) is 6.54 Å². The van der Waals surface area contributed by atoms with Crippen molar-refractivity contribution >= 4 is 11.7 Å². The maximum absolute atomic E-state index is 11.7. The first-order valence-corrected chi connectivity index (χ1v) is 6.24. The van der Waals surface area contributed by atoms with E-state index in [1.54, 1.807) is 13.0 Å². The highest BCUT2D eigenvalue weighted by Crippen LogP contribution is 2.15. The van der Waals surface area contributed by atoms with Crippen LogP contribution in [-0.2, 0) is 6.54 Å². The fourth-order valence-electron chi connectivity index (χ4n) is 1.65. The molecule has 7 nitrogen and oxygen atoms in total. The minimum atomic E-state index is -0.339. The minimum absolute atomic E-state index is 0.0814. The molecule has 0 aliphatic carbocycles. The fourth-order valence-corrected chi connectivity index (χ4v) is 1.65. The third kappa shape index (κ3) is 3.79. The number of rotatable bonds is 4. The van der Waals surface area contributed by atoms with E-state index in [2.05, 4.69) is 20.8 Å². The van der Waals surface area contributed by atoms with E-state index >= 15 is 0 Å². The van der Waals surface area contributed by atoms with Gasteiger partial charge in [-0.3, -0.25) is 0 Å². The molecule has 0 saturated heterocycles. The van der Waals surface area contributed by atoms with Gasteiger partial charge in [0.25, 0.3) is 0 Å². The maximum Gasteiger partial charge on any atom is 0.319 e. The summed E-state index contributed by atoms with van der Waals surface area (Å²) in [5, 5.41) is 9.05. The second kappa shape index (κ2) is 6.16. The Balaban J connectivity index is 1.89. The number of hydrogen-bond acceptors (Lipinski definition) is 5. The second-order valence-corrected chi connectivity index (χ2v) is 4.45. The van der Waals surface area contributed by atoms with Crippen LogP contribution in [0.5, 0.6) is 0 Å². The van der Waals surface area contributed by atoms with Gasteiger partial charge in [0.2, 0.25) is 5.89 Å². The zero-order valence-electron chi connectivity index (χ0n) is 11.4. The predicted molar refractivity (Wildman–Crippen MR) is 73.9 cm³/mol. The molecule has 0 radical (unpaired) electrons. The number of hydrogen-bond donors (Lipinski definition) is 3. The summed E-state index contributed by atoms with van der Waals surface area (Å²) in [5.41, 5.74) is 7.43. The molecule has 20 heavy (non-hydrogen) atoms. The van der Waals surface area contributed by atoms with Gasteiger partial charge in [0.15, 0.2) is 5.82 Å². The van der Waals surface area contributed by atoms with Gasteiger partial charge in [-0.05, 0) is 24.6 Å². The molecule has 0 fully saturated rings. The van der Waals surface area contributed by atoms with Crippen LogP contribution in [0, 0.1) is 6.92 Å². The molecule has 4 N–H and O–H groups in total. The number of nitrogens with two attached hydrogens (primary N) is 1. The van der Waals surface area contributed by atoms with Crippen LogP contribution in [0.2, 0.25) is 0 Å². The van der Waals surface area contributed by atoms with Crippen molar-refractivity contribution in [1.29, 1.82) is 0 Å². The first-order chi connectivity index (χ1) is 9.54. The number of carbonyl (C=O) groups excluding carboxylic acids is 1. The molecular weight excluding hydrogens is 258 g/mol. The van der Waals surface area contributed by atoms with Gasteiger partial charge in [0.1, 0.15) is 0 Å². The molecule has 2 amide bonds. The summed E-state index contributed by atoms with van der Waals surface area (Å²) in [6, 6.07) is 6.97. The Labute approximate surface area is 116 Å². The van der Waals surface area contributed by atoms with E-state index in [9.17, 15) is 4.79 Å². The number of aromatic nitrogens is 2. The van der Waals surface area contributed by atoms with Crippen molar-refractivity contribution in [3.8, 4) is 0 Å². The van der Waals surface area contributed by atoms with Crippen molar-refractivity contribution in [1.82, 2.24) is 15.5 Å². The number of amides is 2. The third-order valence-corrected chi connectivity index (χ3v) is 2.65. The second-order valence-electron chi connectivity index (χ2n) is 4.45. The Morgan fingerprint density at radius 3 is 2.95 bits per heavy atom. The molecule has 106 valence electrons. The third-order valence-electron chi connectivity index (χ3n) is 2.65. The van der Waals surface area contributed by atoms with Crippen LogP contribution < -0.4 is 16.4 Å². The Bertz CT molecular complexity index is 594. The lowest BCUT2D eigenvalue weighted by atomic mass is 10.1. The number of aryl methyl sites for hydroxylation is 1. The summed E-state index contributed by atoms with van der Waals surface area (Å²) in [6.07, 6.45) is 0. The predicted octanol–water partition coefficient (Wildman–Crippen LogP) is 1.72. The first-order valence-electron chi connectivity index (χ1n) is 6.24. The van der Waals surface area contributed by atoms with E-state index in [4.69, 9.17) is 10.3 Å². The molecule has 1 aromatic heterocycles. The molecule has 2 aromatic rings. The van der Waals surface area contributed by atoms with Crippen molar-refractivity contribution in [2.24, 2.45) is 5.73 Å². The van der Waals surface area contributed by atoms with Crippen LogP contribution in [0.3, 0.4) is 0 Å². The number of carbonyl (C=O) groups is 1. The number of benzene rings is 1. The van der Waals surface area contributed by atoms with E-state index in [0.29, 0.717) is 17.4 Å². The van der Waals surface area contributed by atoms with Crippen molar-refractivity contribution in [3.05, 3.63) is 41.5 Å². The monoisotopic (exact) mass is 275 g/mol. The first kappa shape index (κ1) is 14.0. The molecule has 0 saturated carbocycles. The molecule has 0 aliphatic heterocycles. The van der Waals surface area contributed by atoms with Crippen LogP contribution in [-0.4, -0.2) is 16.2 Å².